The third kappa shape index (κ3) is 5.73. The summed E-state index contributed by atoms with van der Waals surface area (Å²) in [6, 6.07) is 7.29. The van der Waals surface area contributed by atoms with E-state index in [1.54, 1.807) is 19.1 Å². The lowest BCUT2D eigenvalue weighted by atomic mass is 9.99. The van der Waals surface area contributed by atoms with E-state index in [1.165, 1.54) is 0 Å². The van der Waals surface area contributed by atoms with Gasteiger partial charge in [0.05, 0.1) is 26.4 Å². The number of hydrogen-bond acceptors (Lipinski definition) is 5. The van der Waals surface area contributed by atoms with Crippen molar-refractivity contribution in [2.75, 3.05) is 26.4 Å². The highest BCUT2D eigenvalue weighted by Crippen LogP contribution is 2.24. The van der Waals surface area contributed by atoms with Gasteiger partial charge in [-0.2, -0.15) is 0 Å². The molecule has 21 heavy (non-hydrogen) atoms. The fraction of sp³-hybridized carbons (Fsp3) is 0.625. The van der Waals surface area contributed by atoms with Gasteiger partial charge in [0.2, 0.25) is 0 Å². The molecule has 2 heterocycles. The van der Waals surface area contributed by atoms with Crippen LogP contribution < -0.4 is 0 Å². The van der Waals surface area contributed by atoms with Crippen LogP contribution in [0.5, 0.6) is 0 Å². The highest BCUT2D eigenvalue weighted by atomic mass is 16.6. The zero-order valence-electron chi connectivity index (χ0n) is 12.6. The molecule has 2 aliphatic rings. The number of ether oxygens (including phenoxy) is 3. The van der Waals surface area contributed by atoms with Crippen LogP contribution in [0.15, 0.2) is 24.3 Å². The second-order valence-corrected chi connectivity index (χ2v) is 5.43. The lowest BCUT2D eigenvalue weighted by Gasteiger charge is -2.21. The molecule has 2 N–H and O–H groups in total. The SMILES string of the molecule is C(OCC1CO1)C1CO1.CCC(O)(O)c1ccccc1C. The van der Waals surface area contributed by atoms with Gasteiger partial charge in [-0.05, 0) is 12.5 Å². The summed E-state index contributed by atoms with van der Waals surface area (Å²) in [5.74, 6) is -1.68. The zero-order valence-corrected chi connectivity index (χ0v) is 12.6. The summed E-state index contributed by atoms with van der Waals surface area (Å²) in [6.07, 6.45) is 1.09. The number of epoxide rings is 2. The van der Waals surface area contributed by atoms with E-state index in [0.29, 0.717) is 24.2 Å². The van der Waals surface area contributed by atoms with Crippen LogP contribution in [0.3, 0.4) is 0 Å². The van der Waals surface area contributed by atoms with Crippen molar-refractivity contribution in [3.05, 3.63) is 35.4 Å². The molecule has 3 rings (SSSR count). The van der Waals surface area contributed by atoms with Crippen LogP contribution in [0.1, 0.15) is 24.5 Å². The summed E-state index contributed by atoms with van der Waals surface area (Å²) >= 11 is 0. The van der Waals surface area contributed by atoms with E-state index in [4.69, 9.17) is 14.2 Å². The molecule has 0 bridgehead atoms. The van der Waals surface area contributed by atoms with Crippen LogP contribution in [0.4, 0.5) is 0 Å². The van der Waals surface area contributed by atoms with E-state index in [2.05, 4.69) is 0 Å². The van der Waals surface area contributed by atoms with Crippen LogP contribution in [0.25, 0.3) is 0 Å². The first-order valence-corrected chi connectivity index (χ1v) is 7.34. The molecule has 5 heteroatoms. The molecule has 0 aromatic heterocycles. The van der Waals surface area contributed by atoms with E-state index in [0.717, 1.165) is 32.0 Å². The molecule has 2 saturated heterocycles. The second-order valence-electron chi connectivity index (χ2n) is 5.43. The lowest BCUT2D eigenvalue weighted by Crippen LogP contribution is -2.24. The van der Waals surface area contributed by atoms with Crippen LogP contribution >= 0.6 is 0 Å². The molecule has 2 unspecified atom stereocenters. The van der Waals surface area contributed by atoms with Gasteiger partial charge in [0.1, 0.15) is 12.2 Å². The third-order valence-corrected chi connectivity index (χ3v) is 3.48. The predicted molar refractivity (Wildman–Crippen MR) is 77.9 cm³/mol. The maximum Gasteiger partial charge on any atom is 0.189 e. The average Bonchev–Trinajstić information content (AvgIpc) is 3.35. The van der Waals surface area contributed by atoms with Gasteiger partial charge in [-0.3, -0.25) is 0 Å². The largest absolute Gasteiger partial charge is 0.376 e. The Balaban J connectivity index is 0.000000159. The van der Waals surface area contributed by atoms with Crippen LogP contribution in [0, 0.1) is 6.92 Å². The molecular formula is C16H24O5. The fourth-order valence-corrected chi connectivity index (χ4v) is 1.87. The quantitative estimate of drug-likeness (QED) is 0.612. The Morgan fingerprint density at radius 3 is 2.10 bits per heavy atom. The highest BCUT2D eigenvalue weighted by molar-refractivity contribution is 5.29. The normalized spacial score (nSPS) is 23.2. The number of aliphatic hydroxyl groups is 2. The molecule has 2 fully saturated rings. The van der Waals surface area contributed by atoms with Gasteiger partial charge in [0.15, 0.2) is 5.79 Å². The molecular weight excluding hydrogens is 272 g/mol. The summed E-state index contributed by atoms with van der Waals surface area (Å²) in [7, 11) is 0. The van der Waals surface area contributed by atoms with Gasteiger partial charge in [0, 0.05) is 12.0 Å². The highest BCUT2D eigenvalue weighted by Gasteiger charge is 2.26. The predicted octanol–water partition coefficient (Wildman–Crippen LogP) is 1.34. The number of aryl methyl sites for hydroxylation is 1. The Labute approximate surface area is 125 Å². The minimum atomic E-state index is -1.68. The van der Waals surface area contributed by atoms with Gasteiger partial charge in [0.25, 0.3) is 0 Å². The second kappa shape index (κ2) is 7.33. The molecule has 118 valence electrons. The molecule has 0 spiro atoms. The van der Waals surface area contributed by atoms with Crippen molar-refractivity contribution in [3.8, 4) is 0 Å². The lowest BCUT2D eigenvalue weighted by molar-refractivity contribution is -0.171. The van der Waals surface area contributed by atoms with E-state index in [9.17, 15) is 10.2 Å². The molecule has 0 radical (unpaired) electrons. The molecule has 1 aromatic carbocycles. The molecule has 2 atom stereocenters. The summed E-state index contributed by atoms with van der Waals surface area (Å²) in [5.41, 5.74) is 1.50. The Bertz CT molecular complexity index is 426. The number of rotatable bonds is 6. The Kier molecular flexibility index (Phi) is 5.72. The maximum atomic E-state index is 9.53. The van der Waals surface area contributed by atoms with E-state index >= 15 is 0 Å². The topological polar surface area (TPSA) is 74.8 Å². The molecule has 1 aromatic rings. The van der Waals surface area contributed by atoms with E-state index in [1.807, 2.05) is 19.1 Å². The smallest absolute Gasteiger partial charge is 0.189 e. The first-order chi connectivity index (χ1) is 10.0. The van der Waals surface area contributed by atoms with Gasteiger partial charge in [-0.1, -0.05) is 31.2 Å². The standard InChI is InChI=1S/C10H14O2.C6H10O3/c1-3-10(11,12)9-7-5-4-6-8(9)2;1(5-3-8-5)7-2-6-4-9-6/h4-7,11-12H,3H2,1-2H3;5-6H,1-4H2. The van der Waals surface area contributed by atoms with Gasteiger partial charge in [-0.25, -0.2) is 0 Å². The van der Waals surface area contributed by atoms with Crippen LogP contribution in [0.2, 0.25) is 0 Å². The average molecular weight is 296 g/mol. The van der Waals surface area contributed by atoms with Crippen molar-refractivity contribution >= 4 is 0 Å². The number of hydrogen-bond donors (Lipinski definition) is 2. The minimum absolute atomic E-state index is 0.303. The maximum absolute atomic E-state index is 9.53. The summed E-state index contributed by atoms with van der Waals surface area (Å²) < 4.78 is 15.1. The van der Waals surface area contributed by atoms with E-state index in [-0.39, 0.29) is 0 Å². The van der Waals surface area contributed by atoms with Gasteiger partial charge in [-0.15, -0.1) is 0 Å². The zero-order chi connectivity index (χ0) is 15.3. The molecule has 5 nitrogen and oxygen atoms in total. The molecule has 0 saturated carbocycles. The van der Waals surface area contributed by atoms with Crippen LogP contribution in [-0.2, 0) is 20.0 Å². The Hall–Kier alpha value is -0.980. The molecule has 0 aliphatic carbocycles. The van der Waals surface area contributed by atoms with Crippen molar-refractivity contribution in [2.24, 2.45) is 0 Å². The van der Waals surface area contributed by atoms with Crippen molar-refractivity contribution < 1.29 is 24.4 Å². The Morgan fingerprint density at radius 1 is 1.14 bits per heavy atom. The number of benzene rings is 1. The van der Waals surface area contributed by atoms with Crippen molar-refractivity contribution in [1.29, 1.82) is 0 Å². The summed E-state index contributed by atoms with van der Waals surface area (Å²) in [6.45, 7) is 6.87. The first kappa shape index (κ1) is 16.4. The van der Waals surface area contributed by atoms with Gasteiger partial charge < -0.3 is 24.4 Å². The molecule has 0 amide bonds. The van der Waals surface area contributed by atoms with Crippen molar-refractivity contribution in [3.63, 3.8) is 0 Å². The van der Waals surface area contributed by atoms with Crippen molar-refractivity contribution in [2.45, 2.75) is 38.3 Å². The molecule has 2 aliphatic heterocycles. The first-order valence-electron chi connectivity index (χ1n) is 7.34. The van der Waals surface area contributed by atoms with Crippen molar-refractivity contribution in [1.82, 2.24) is 0 Å². The Morgan fingerprint density at radius 2 is 1.67 bits per heavy atom. The fourth-order valence-electron chi connectivity index (χ4n) is 1.87. The monoisotopic (exact) mass is 296 g/mol. The summed E-state index contributed by atoms with van der Waals surface area (Å²) in [4.78, 5) is 0. The van der Waals surface area contributed by atoms with Crippen LogP contribution in [-0.4, -0.2) is 48.8 Å². The summed E-state index contributed by atoms with van der Waals surface area (Å²) in [5, 5.41) is 19.1. The van der Waals surface area contributed by atoms with Gasteiger partial charge >= 0.3 is 0 Å². The minimum Gasteiger partial charge on any atom is -0.376 e. The third-order valence-electron chi connectivity index (χ3n) is 3.48. The van der Waals surface area contributed by atoms with E-state index < -0.39 is 5.79 Å².